The van der Waals surface area contributed by atoms with E-state index in [0.29, 0.717) is 28.5 Å². The van der Waals surface area contributed by atoms with Crippen molar-refractivity contribution >= 4 is 17.4 Å². The van der Waals surface area contributed by atoms with Crippen molar-refractivity contribution in [3.63, 3.8) is 0 Å². The molecule has 4 aromatic carbocycles. The Kier molecular flexibility index (Phi) is 7.50. The predicted molar refractivity (Wildman–Crippen MR) is 147 cm³/mol. The number of amides is 2. The zero-order valence-electron chi connectivity index (χ0n) is 21.3. The number of aromatic nitrogens is 3. The fourth-order valence-electron chi connectivity index (χ4n) is 4.23. The molecule has 0 bridgehead atoms. The highest BCUT2D eigenvalue weighted by Gasteiger charge is 2.31. The third-order valence-corrected chi connectivity index (χ3v) is 6.09. The number of nitrogens with one attached hydrogen (secondary N) is 2. The summed E-state index contributed by atoms with van der Waals surface area (Å²) in [5.41, 5.74) is 5.69. The van der Waals surface area contributed by atoms with E-state index in [1.807, 2.05) is 42.5 Å². The van der Waals surface area contributed by atoms with Crippen LogP contribution in [0.1, 0.15) is 12.5 Å². The van der Waals surface area contributed by atoms with Crippen LogP contribution in [0.25, 0.3) is 28.2 Å². The molecule has 10 heteroatoms. The monoisotopic (exact) mass is 543 g/mol. The molecule has 1 heterocycles. The minimum Gasteiger partial charge on any atom is -0.406 e. The van der Waals surface area contributed by atoms with E-state index in [1.165, 1.54) is 40.8 Å². The minimum atomic E-state index is -4.75. The lowest BCUT2D eigenvalue weighted by atomic mass is 9.97. The van der Waals surface area contributed by atoms with Crippen LogP contribution >= 0.6 is 0 Å². The first kappa shape index (κ1) is 26.5. The molecular weight excluding hydrogens is 519 g/mol. The van der Waals surface area contributed by atoms with Crippen LogP contribution in [0.15, 0.2) is 103 Å². The first-order chi connectivity index (χ1) is 19.3. The molecule has 40 heavy (non-hydrogen) atoms. The van der Waals surface area contributed by atoms with Crippen LogP contribution in [0, 0.1) is 0 Å². The van der Waals surface area contributed by atoms with Gasteiger partial charge in [0.1, 0.15) is 12.1 Å². The van der Waals surface area contributed by atoms with Gasteiger partial charge < -0.3 is 15.4 Å². The highest BCUT2D eigenvalue weighted by Crippen LogP contribution is 2.31. The maximum atomic E-state index is 12.8. The summed E-state index contributed by atoms with van der Waals surface area (Å²) in [6, 6.07) is 27.7. The topological polar surface area (TPSA) is 81.1 Å². The van der Waals surface area contributed by atoms with Gasteiger partial charge in [-0.2, -0.15) is 0 Å². The molecule has 0 fully saturated rings. The summed E-state index contributed by atoms with van der Waals surface area (Å²) in [6.45, 7) is 2.10. The van der Waals surface area contributed by atoms with Gasteiger partial charge in [-0.25, -0.2) is 14.5 Å². The van der Waals surface area contributed by atoms with Crippen molar-refractivity contribution in [1.82, 2.24) is 14.8 Å². The van der Waals surface area contributed by atoms with Crippen LogP contribution in [-0.2, 0) is 6.42 Å². The predicted octanol–water partition coefficient (Wildman–Crippen LogP) is 7.71. The Morgan fingerprint density at radius 3 is 2.23 bits per heavy atom. The molecule has 0 aliphatic heterocycles. The van der Waals surface area contributed by atoms with Crippen molar-refractivity contribution in [1.29, 1.82) is 0 Å². The quantitative estimate of drug-likeness (QED) is 0.220. The first-order valence-corrected chi connectivity index (χ1v) is 12.4. The number of anilines is 2. The van der Waals surface area contributed by atoms with E-state index < -0.39 is 6.36 Å². The number of hydrogen-bond donors (Lipinski definition) is 2. The van der Waals surface area contributed by atoms with Gasteiger partial charge in [-0.3, -0.25) is 0 Å². The molecule has 1 aromatic heterocycles. The fraction of sp³-hybridized carbons (Fsp3) is 0.100. The molecule has 2 amide bonds. The van der Waals surface area contributed by atoms with Crippen molar-refractivity contribution in [2.75, 3.05) is 10.6 Å². The van der Waals surface area contributed by atoms with Crippen LogP contribution in [0.2, 0.25) is 0 Å². The highest BCUT2D eigenvalue weighted by atomic mass is 19.4. The number of aryl methyl sites for hydroxylation is 1. The molecule has 5 rings (SSSR count). The summed E-state index contributed by atoms with van der Waals surface area (Å²) >= 11 is 0. The lowest BCUT2D eigenvalue weighted by Crippen LogP contribution is -2.19. The van der Waals surface area contributed by atoms with Crippen LogP contribution < -0.4 is 15.4 Å². The molecule has 7 nitrogen and oxygen atoms in total. The van der Waals surface area contributed by atoms with Crippen molar-refractivity contribution in [3.8, 4) is 34.0 Å². The Morgan fingerprint density at radius 2 is 1.52 bits per heavy atom. The van der Waals surface area contributed by atoms with Gasteiger partial charge in [-0.1, -0.05) is 49.4 Å². The van der Waals surface area contributed by atoms with Gasteiger partial charge in [-0.05, 0) is 72.1 Å². The number of urea groups is 1. The number of halogens is 3. The highest BCUT2D eigenvalue weighted by molar-refractivity contribution is 6.02. The lowest BCUT2D eigenvalue weighted by Gasteiger charge is -2.14. The van der Waals surface area contributed by atoms with E-state index >= 15 is 0 Å². The number of alkyl halides is 3. The number of carbonyl (C=O) groups excluding carboxylic acids is 1. The van der Waals surface area contributed by atoms with Crippen LogP contribution in [0.4, 0.5) is 29.3 Å². The number of nitrogens with zero attached hydrogens (tertiary/aromatic N) is 3. The van der Waals surface area contributed by atoms with E-state index in [4.69, 9.17) is 0 Å². The molecular formula is C30H24F3N5O2. The second-order valence-corrected chi connectivity index (χ2v) is 8.77. The van der Waals surface area contributed by atoms with E-state index in [-0.39, 0.29) is 11.8 Å². The molecule has 0 atom stereocenters. The van der Waals surface area contributed by atoms with Crippen LogP contribution in [-0.4, -0.2) is 27.2 Å². The van der Waals surface area contributed by atoms with E-state index in [9.17, 15) is 18.0 Å². The molecule has 0 radical (unpaired) electrons. The minimum absolute atomic E-state index is 0.321. The number of ether oxygens (including phenoxy) is 1. The summed E-state index contributed by atoms with van der Waals surface area (Å²) in [5.74, 6) is 0.0908. The van der Waals surface area contributed by atoms with E-state index in [1.54, 1.807) is 24.3 Å². The summed E-state index contributed by atoms with van der Waals surface area (Å²) < 4.78 is 42.5. The van der Waals surface area contributed by atoms with Gasteiger partial charge in [0.2, 0.25) is 0 Å². The first-order valence-electron chi connectivity index (χ1n) is 12.4. The molecule has 0 saturated heterocycles. The molecule has 5 aromatic rings. The summed E-state index contributed by atoms with van der Waals surface area (Å²) in [4.78, 5) is 17.1. The Hall–Kier alpha value is -5.12. The zero-order valence-corrected chi connectivity index (χ0v) is 21.3. The average Bonchev–Trinajstić information content (AvgIpc) is 3.44. The van der Waals surface area contributed by atoms with Gasteiger partial charge in [0, 0.05) is 16.8 Å². The fourth-order valence-corrected chi connectivity index (χ4v) is 4.23. The van der Waals surface area contributed by atoms with Gasteiger partial charge in [0.05, 0.1) is 11.4 Å². The molecule has 2 N–H and O–H groups in total. The Balaban J connectivity index is 1.25. The van der Waals surface area contributed by atoms with Crippen molar-refractivity contribution in [3.05, 3.63) is 109 Å². The van der Waals surface area contributed by atoms with Crippen molar-refractivity contribution < 1.29 is 22.7 Å². The van der Waals surface area contributed by atoms with Crippen LogP contribution in [0.5, 0.6) is 5.75 Å². The SMILES string of the molecule is CCc1ccccc1-c1ccccc1NC(=O)Nc1ccc(-c2ncn(-c3ccc(OC(F)(F)F)cc3)n2)cc1. The van der Waals surface area contributed by atoms with Gasteiger partial charge >= 0.3 is 12.4 Å². The normalized spacial score (nSPS) is 11.2. The molecule has 0 aliphatic carbocycles. The van der Waals surface area contributed by atoms with E-state index in [0.717, 1.165) is 17.5 Å². The van der Waals surface area contributed by atoms with Gasteiger partial charge in [0.15, 0.2) is 5.82 Å². The molecule has 0 spiro atoms. The number of carbonyl (C=O) groups is 1. The summed E-state index contributed by atoms with van der Waals surface area (Å²) in [6.07, 6.45) is -2.42. The largest absolute Gasteiger partial charge is 0.573 e. The van der Waals surface area contributed by atoms with Gasteiger partial charge in [0.25, 0.3) is 0 Å². The smallest absolute Gasteiger partial charge is 0.406 e. The Bertz CT molecular complexity index is 1610. The van der Waals surface area contributed by atoms with Crippen molar-refractivity contribution in [2.24, 2.45) is 0 Å². The molecule has 202 valence electrons. The third-order valence-electron chi connectivity index (χ3n) is 6.09. The van der Waals surface area contributed by atoms with Gasteiger partial charge in [-0.15, -0.1) is 18.3 Å². The number of para-hydroxylation sites is 1. The average molecular weight is 544 g/mol. The number of hydrogen-bond acceptors (Lipinski definition) is 4. The zero-order chi connectivity index (χ0) is 28.1. The Morgan fingerprint density at radius 1 is 0.850 bits per heavy atom. The lowest BCUT2D eigenvalue weighted by molar-refractivity contribution is -0.274. The van der Waals surface area contributed by atoms with Crippen molar-refractivity contribution in [2.45, 2.75) is 19.7 Å². The number of benzene rings is 4. The summed E-state index contributed by atoms with van der Waals surface area (Å²) in [5, 5.41) is 10.2. The second kappa shape index (κ2) is 11.3. The number of rotatable bonds is 7. The van der Waals surface area contributed by atoms with Crippen LogP contribution in [0.3, 0.4) is 0 Å². The standard InChI is InChI=1S/C30H24F3N5O2/c1-2-20-7-3-4-8-25(20)26-9-5-6-10-27(26)36-29(39)35-22-13-11-21(12-14-22)28-34-19-38(37-28)23-15-17-24(18-16-23)40-30(31,32)33/h3-19H,2H2,1H3,(H2,35,36,39). The molecule has 0 aliphatic rings. The second-order valence-electron chi connectivity index (χ2n) is 8.77. The van der Waals surface area contributed by atoms with E-state index in [2.05, 4.69) is 38.4 Å². The Labute approximate surface area is 228 Å². The maximum absolute atomic E-state index is 12.8. The summed E-state index contributed by atoms with van der Waals surface area (Å²) in [7, 11) is 0. The third kappa shape index (κ3) is 6.29. The maximum Gasteiger partial charge on any atom is 0.573 e. The molecule has 0 saturated carbocycles. The molecule has 0 unspecified atom stereocenters.